The van der Waals surface area contributed by atoms with E-state index in [-0.39, 0.29) is 5.75 Å². The molecule has 0 heterocycles. The average Bonchev–Trinajstić information content (AvgIpc) is 2.70. The maximum atomic E-state index is 14.1. The standard InChI is InChI=1S/C21H22F6N2O2/c1-5-29(3)12-28-17-11-18(31-4)16(10-13(17)2)19(30,21(25,26)27)14-6-8-15(9-7-14)20(22,23)24/h6-12,30H,5H2,1-4H3. The Balaban J connectivity index is 2.69. The lowest BCUT2D eigenvalue weighted by molar-refractivity contribution is -0.248. The summed E-state index contributed by atoms with van der Waals surface area (Å²) in [5, 5.41) is 10.8. The first kappa shape index (κ1) is 24.5. The number of rotatable bonds is 6. The molecule has 0 aliphatic rings. The first-order valence-corrected chi connectivity index (χ1v) is 9.16. The fourth-order valence-electron chi connectivity index (χ4n) is 2.88. The maximum Gasteiger partial charge on any atom is 0.425 e. The van der Waals surface area contributed by atoms with Crippen molar-refractivity contribution in [2.75, 3.05) is 20.7 Å². The van der Waals surface area contributed by atoms with Gasteiger partial charge in [0.25, 0.3) is 0 Å². The van der Waals surface area contributed by atoms with Gasteiger partial charge < -0.3 is 14.7 Å². The van der Waals surface area contributed by atoms with Crippen molar-refractivity contribution in [2.45, 2.75) is 31.8 Å². The second-order valence-corrected chi connectivity index (χ2v) is 6.94. The summed E-state index contributed by atoms with van der Waals surface area (Å²) in [6.07, 6.45) is -8.48. The van der Waals surface area contributed by atoms with Crippen molar-refractivity contribution in [3.63, 3.8) is 0 Å². The molecule has 0 spiro atoms. The van der Waals surface area contributed by atoms with Crippen LogP contribution in [0.25, 0.3) is 0 Å². The highest BCUT2D eigenvalue weighted by Crippen LogP contribution is 2.49. The lowest BCUT2D eigenvalue weighted by atomic mass is 9.83. The van der Waals surface area contributed by atoms with E-state index >= 15 is 0 Å². The molecule has 10 heteroatoms. The summed E-state index contributed by atoms with van der Waals surface area (Å²) in [7, 11) is 2.89. The molecule has 0 fully saturated rings. The Hall–Kier alpha value is -2.75. The molecule has 0 radical (unpaired) electrons. The SMILES string of the molecule is CCN(C)C=Nc1cc(OC)c(C(O)(c2ccc(C(F)(F)F)cc2)C(F)(F)F)cc1C. The van der Waals surface area contributed by atoms with E-state index in [0.29, 0.717) is 42.1 Å². The van der Waals surface area contributed by atoms with Crippen molar-refractivity contribution in [1.82, 2.24) is 4.90 Å². The van der Waals surface area contributed by atoms with Gasteiger partial charge in [-0.15, -0.1) is 0 Å². The van der Waals surface area contributed by atoms with E-state index in [4.69, 9.17) is 4.74 Å². The Morgan fingerprint density at radius 2 is 1.58 bits per heavy atom. The number of hydrogen-bond donors (Lipinski definition) is 1. The molecule has 0 saturated carbocycles. The number of methoxy groups -OCH3 is 1. The Bertz CT molecular complexity index is 939. The molecular weight excluding hydrogens is 426 g/mol. The van der Waals surface area contributed by atoms with Gasteiger partial charge in [0.15, 0.2) is 0 Å². The van der Waals surface area contributed by atoms with Gasteiger partial charge in [-0.25, -0.2) is 4.99 Å². The fraction of sp³-hybridized carbons (Fsp3) is 0.381. The van der Waals surface area contributed by atoms with E-state index in [1.807, 2.05) is 6.92 Å². The Kier molecular flexibility index (Phi) is 6.94. The summed E-state index contributed by atoms with van der Waals surface area (Å²) in [6.45, 7) is 4.04. The average molecular weight is 448 g/mol. The van der Waals surface area contributed by atoms with Gasteiger partial charge in [-0.1, -0.05) is 12.1 Å². The zero-order chi connectivity index (χ0) is 23.6. The Labute approximate surface area is 175 Å². The summed E-state index contributed by atoms with van der Waals surface area (Å²) in [5.41, 5.74) is -5.52. The van der Waals surface area contributed by atoms with Gasteiger partial charge in [0.1, 0.15) is 5.75 Å². The highest BCUT2D eigenvalue weighted by atomic mass is 19.4. The van der Waals surface area contributed by atoms with Gasteiger partial charge in [0.2, 0.25) is 5.60 Å². The molecule has 1 atom stereocenters. The molecule has 4 nitrogen and oxygen atoms in total. The number of aliphatic hydroxyl groups is 1. The van der Waals surface area contributed by atoms with Crippen LogP contribution in [0.2, 0.25) is 0 Å². The molecule has 0 aliphatic heterocycles. The molecule has 1 N–H and O–H groups in total. The van der Waals surface area contributed by atoms with Crippen molar-refractivity contribution in [2.24, 2.45) is 4.99 Å². The topological polar surface area (TPSA) is 45.1 Å². The first-order chi connectivity index (χ1) is 14.3. The van der Waals surface area contributed by atoms with Crippen LogP contribution in [0.1, 0.15) is 29.2 Å². The third-order valence-corrected chi connectivity index (χ3v) is 4.84. The van der Waals surface area contributed by atoms with Gasteiger partial charge in [0, 0.05) is 25.2 Å². The van der Waals surface area contributed by atoms with Crippen molar-refractivity contribution < 1.29 is 36.2 Å². The van der Waals surface area contributed by atoms with Crippen molar-refractivity contribution >= 4 is 12.0 Å². The van der Waals surface area contributed by atoms with Crippen LogP contribution in [0.5, 0.6) is 5.75 Å². The zero-order valence-electron chi connectivity index (χ0n) is 17.3. The second-order valence-electron chi connectivity index (χ2n) is 6.94. The quantitative estimate of drug-likeness (QED) is 0.364. The number of halogens is 6. The van der Waals surface area contributed by atoms with Crippen molar-refractivity contribution in [3.8, 4) is 5.75 Å². The molecule has 0 amide bonds. The van der Waals surface area contributed by atoms with Crippen LogP contribution in [-0.4, -0.2) is 43.2 Å². The van der Waals surface area contributed by atoms with Crippen LogP contribution < -0.4 is 4.74 Å². The summed E-state index contributed by atoms with van der Waals surface area (Å²) >= 11 is 0. The highest BCUT2D eigenvalue weighted by molar-refractivity contribution is 5.66. The molecule has 1 unspecified atom stereocenters. The van der Waals surface area contributed by atoms with Crippen LogP contribution in [0, 0.1) is 6.92 Å². The molecular formula is C21H22F6N2O2. The molecule has 2 aromatic carbocycles. The van der Waals surface area contributed by atoms with Crippen LogP contribution in [0.3, 0.4) is 0 Å². The largest absolute Gasteiger partial charge is 0.496 e. The van der Waals surface area contributed by atoms with Gasteiger partial charge in [-0.2, -0.15) is 26.3 Å². The number of alkyl halides is 6. The smallest absolute Gasteiger partial charge is 0.425 e. The van der Waals surface area contributed by atoms with E-state index in [1.165, 1.54) is 19.3 Å². The van der Waals surface area contributed by atoms with E-state index in [1.54, 1.807) is 11.9 Å². The third-order valence-electron chi connectivity index (χ3n) is 4.84. The monoisotopic (exact) mass is 448 g/mol. The Morgan fingerprint density at radius 1 is 1.03 bits per heavy atom. The molecule has 0 aliphatic carbocycles. The molecule has 2 rings (SSSR count). The van der Waals surface area contributed by atoms with E-state index < -0.39 is 34.6 Å². The summed E-state index contributed by atoms with van der Waals surface area (Å²) in [5.74, 6) is -0.309. The zero-order valence-corrected chi connectivity index (χ0v) is 17.3. The minimum atomic E-state index is -5.25. The molecule has 170 valence electrons. The minimum Gasteiger partial charge on any atom is -0.496 e. The number of nitrogens with zero attached hydrogens (tertiary/aromatic N) is 2. The van der Waals surface area contributed by atoms with Crippen LogP contribution in [-0.2, 0) is 11.8 Å². The molecule has 0 saturated heterocycles. The lowest BCUT2D eigenvalue weighted by Crippen LogP contribution is -2.43. The highest BCUT2D eigenvalue weighted by Gasteiger charge is 2.57. The predicted octanol–water partition coefficient (Wildman–Crippen LogP) is 5.43. The number of benzene rings is 2. The molecule has 0 aromatic heterocycles. The van der Waals surface area contributed by atoms with E-state index in [9.17, 15) is 31.4 Å². The molecule has 0 bridgehead atoms. The predicted molar refractivity (Wildman–Crippen MR) is 105 cm³/mol. The van der Waals surface area contributed by atoms with Gasteiger partial charge in [-0.3, -0.25) is 0 Å². The van der Waals surface area contributed by atoms with Crippen molar-refractivity contribution in [1.29, 1.82) is 0 Å². The van der Waals surface area contributed by atoms with Crippen LogP contribution in [0.4, 0.5) is 32.0 Å². The maximum absolute atomic E-state index is 14.1. The summed E-state index contributed by atoms with van der Waals surface area (Å²) in [4.78, 5) is 5.96. The van der Waals surface area contributed by atoms with Gasteiger partial charge in [-0.05, 0) is 43.2 Å². The van der Waals surface area contributed by atoms with E-state index in [2.05, 4.69) is 4.99 Å². The number of aryl methyl sites for hydroxylation is 1. The van der Waals surface area contributed by atoms with Gasteiger partial charge in [0.05, 0.1) is 24.7 Å². The third kappa shape index (κ3) is 4.95. The van der Waals surface area contributed by atoms with Crippen LogP contribution in [0.15, 0.2) is 41.4 Å². The lowest BCUT2D eigenvalue weighted by Gasteiger charge is -2.33. The van der Waals surface area contributed by atoms with Crippen molar-refractivity contribution in [3.05, 3.63) is 58.7 Å². The van der Waals surface area contributed by atoms with Crippen LogP contribution >= 0.6 is 0 Å². The first-order valence-electron chi connectivity index (χ1n) is 9.16. The molecule has 2 aromatic rings. The minimum absolute atomic E-state index is 0.309. The van der Waals surface area contributed by atoms with E-state index in [0.717, 1.165) is 13.2 Å². The normalized spacial score (nSPS) is 14.5. The molecule has 31 heavy (non-hydrogen) atoms. The fourth-order valence-corrected chi connectivity index (χ4v) is 2.88. The number of ether oxygens (including phenoxy) is 1. The second kappa shape index (κ2) is 8.78. The Morgan fingerprint density at radius 3 is 2.03 bits per heavy atom. The number of hydrogen-bond acceptors (Lipinski definition) is 3. The number of aliphatic imine (C=N–C) groups is 1. The van der Waals surface area contributed by atoms with Gasteiger partial charge >= 0.3 is 12.4 Å². The summed E-state index contributed by atoms with van der Waals surface area (Å²) < 4.78 is 85.8. The summed E-state index contributed by atoms with van der Waals surface area (Å²) in [6, 6.07) is 4.50.